The maximum atomic E-state index is 14.1. The summed E-state index contributed by atoms with van der Waals surface area (Å²) in [4.78, 5) is 35.0. The van der Waals surface area contributed by atoms with Crippen LogP contribution < -0.4 is 10.6 Å². The molecule has 8 heteroatoms. The first-order valence-electron chi connectivity index (χ1n) is 17.5. The lowest BCUT2D eigenvalue weighted by Crippen LogP contribution is -2.59. The molecule has 0 radical (unpaired) electrons. The fraction of sp³-hybridized carbons (Fsp3) is 0.622. The van der Waals surface area contributed by atoms with Crippen LogP contribution in [0.2, 0.25) is 5.02 Å². The lowest BCUT2D eigenvalue weighted by Gasteiger charge is -2.43. The number of nitrogens with one attached hydrogen (secondary N) is 2. The molecule has 5 rings (SSSR count). The summed E-state index contributed by atoms with van der Waals surface area (Å²) in [6, 6.07) is 15.5. The molecule has 2 aromatic rings. The van der Waals surface area contributed by atoms with Crippen LogP contribution in [-0.2, 0) is 29.0 Å². The molecule has 2 heterocycles. The van der Waals surface area contributed by atoms with Crippen LogP contribution in [0.1, 0.15) is 75.5 Å². The average Bonchev–Trinajstić information content (AvgIpc) is 3.36. The molecule has 3 unspecified atom stereocenters. The Morgan fingerprint density at radius 3 is 2.27 bits per heavy atom. The van der Waals surface area contributed by atoms with E-state index in [1.165, 1.54) is 56.1 Å². The van der Waals surface area contributed by atoms with Gasteiger partial charge in [0.25, 0.3) is 0 Å². The van der Waals surface area contributed by atoms with Gasteiger partial charge < -0.3 is 20.4 Å². The van der Waals surface area contributed by atoms with E-state index >= 15 is 0 Å². The van der Waals surface area contributed by atoms with E-state index in [2.05, 4.69) is 46.4 Å². The van der Waals surface area contributed by atoms with E-state index in [0.717, 1.165) is 44.2 Å². The number of fused-ring (bicyclic) bond motifs is 1. The van der Waals surface area contributed by atoms with E-state index < -0.39 is 6.04 Å². The van der Waals surface area contributed by atoms with E-state index in [4.69, 9.17) is 11.6 Å². The molecule has 2 aliphatic heterocycles. The van der Waals surface area contributed by atoms with Gasteiger partial charge in [-0.05, 0) is 80.1 Å². The van der Waals surface area contributed by atoms with E-state index in [0.29, 0.717) is 43.5 Å². The molecule has 2 fully saturated rings. The zero-order chi connectivity index (χ0) is 31.6. The number of piperazine rings is 1. The molecule has 0 bridgehead atoms. The number of halogens is 1. The lowest BCUT2D eigenvalue weighted by molar-refractivity contribution is -0.138. The minimum Gasteiger partial charge on any atom is -0.343 e. The molecule has 246 valence electrons. The monoisotopic (exact) mass is 635 g/mol. The van der Waals surface area contributed by atoms with Crippen LogP contribution >= 0.6 is 11.6 Å². The van der Waals surface area contributed by atoms with Gasteiger partial charge in [0.15, 0.2) is 0 Å². The summed E-state index contributed by atoms with van der Waals surface area (Å²) in [7, 11) is 0. The minimum absolute atomic E-state index is 0.0170. The van der Waals surface area contributed by atoms with Crippen LogP contribution in [0.3, 0.4) is 0 Å². The second-order valence-corrected chi connectivity index (χ2v) is 13.7. The summed E-state index contributed by atoms with van der Waals surface area (Å²) in [6.07, 6.45) is 10.4. The Morgan fingerprint density at radius 1 is 0.933 bits per heavy atom. The Morgan fingerprint density at radius 2 is 1.60 bits per heavy atom. The summed E-state index contributed by atoms with van der Waals surface area (Å²) in [5, 5.41) is 7.22. The third-order valence-electron chi connectivity index (χ3n) is 10.5. The number of benzene rings is 2. The van der Waals surface area contributed by atoms with Crippen molar-refractivity contribution in [3.63, 3.8) is 0 Å². The highest BCUT2D eigenvalue weighted by molar-refractivity contribution is 6.30. The molecular formula is C37H54ClN5O2. The average molecular weight is 636 g/mol. The van der Waals surface area contributed by atoms with E-state index in [-0.39, 0.29) is 17.9 Å². The number of carbonyl (C=O) groups is 2. The van der Waals surface area contributed by atoms with Crippen molar-refractivity contribution < 1.29 is 9.59 Å². The quantitative estimate of drug-likeness (QED) is 0.310. The first kappa shape index (κ1) is 33.9. The molecule has 0 spiro atoms. The second-order valence-electron chi connectivity index (χ2n) is 13.3. The third kappa shape index (κ3) is 9.31. The van der Waals surface area contributed by atoms with Crippen molar-refractivity contribution in [2.24, 2.45) is 5.92 Å². The van der Waals surface area contributed by atoms with Gasteiger partial charge in [-0.3, -0.25) is 14.5 Å². The predicted molar refractivity (Wildman–Crippen MR) is 183 cm³/mol. The van der Waals surface area contributed by atoms with Gasteiger partial charge >= 0.3 is 0 Å². The van der Waals surface area contributed by atoms with Crippen LogP contribution in [0.15, 0.2) is 48.5 Å². The highest BCUT2D eigenvalue weighted by atomic mass is 35.5. The van der Waals surface area contributed by atoms with Gasteiger partial charge in [0.1, 0.15) is 6.04 Å². The highest BCUT2D eigenvalue weighted by Gasteiger charge is 2.35. The zero-order valence-electron chi connectivity index (χ0n) is 27.5. The van der Waals surface area contributed by atoms with Crippen LogP contribution in [0, 0.1) is 5.92 Å². The molecule has 1 aliphatic carbocycles. The Hall–Kier alpha value is -2.45. The number of amides is 2. The third-order valence-corrected chi connectivity index (χ3v) is 10.8. The number of rotatable bonds is 12. The highest BCUT2D eigenvalue weighted by Crippen LogP contribution is 2.31. The van der Waals surface area contributed by atoms with Crippen molar-refractivity contribution >= 4 is 23.4 Å². The molecule has 2 amide bonds. The van der Waals surface area contributed by atoms with Gasteiger partial charge in [-0.25, -0.2) is 0 Å². The van der Waals surface area contributed by atoms with E-state index in [1.807, 2.05) is 41.3 Å². The van der Waals surface area contributed by atoms with Crippen molar-refractivity contribution in [2.45, 2.75) is 96.3 Å². The smallest absolute Gasteiger partial charge is 0.245 e. The molecule has 1 saturated heterocycles. The Labute approximate surface area is 276 Å². The fourth-order valence-corrected chi connectivity index (χ4v) is 7.86. The molecule has 45 heavy (non-hydrogen) atoms. The lowest BCUT2D eigenvalue weighted by atomic mass is 9.88. The van der Waals surface area contributed by atoms with Crippen molar-refractivity contribution in [2.75, 3.05) is 45.8 Å². The standard InChI is InChI=1S/C37H54ClN5O2/c1-3-41(4-2)20-19-35(29-11-7-5-6-8-12-29)42-21-23-43(24-22-42)37(45)34(25-28-15-17-32(38)18-16-28)40-36(44)33-26-30-13-9-10-14-31(30)27-39-33/h9-10,13-18,29,33-35,39H,3-8,11-12,19-27H2,1-2H3,(H,40,44). The van der Waals surface area contributed by atoms with Gasteiger partial charge in [-0.15, -0.1) is 0 Å². The first-order chi connectivity index (χ1) is 21.9. The molecule has 3 atom stereocenters. The molecule has 2 aromatic carbocycles. The number of hydrogen-bond donors (Lipinski definition) is 2. The molecule has 1 saturated carbocycles. The molecule has 3 aliphatic rings. The summed E-state index contributed by atoms with van der Waals surface area (Å²) in [5.74, 6) is 0.652. The SMILES string of the molecule is CCN(CC)CCC(C1CCCCCC1)N1CCN(C(=O)C(Cc2ccc(Cl)cc2)NC(=O)C2Cc3ccccc3CN2)CC1. The molecule has 2 N–H and O–H groups in total. The number of hydrogen-bond acceptors (Lipinski definition) is 5. The van der Waals surface area contributed by atoms with Crippen molar-refractivity contribution in [1.29, 1.82) is 0 Å². The normalized spacial score (nSPS) is 21.2. The zero-order valence-corrected chi connectivity index (χ0v) is 28.2. The van der Waals surface area contributed by atoms with Gasteiger partial charge in [-0.1, -0.05) is 87.5 Å². The van der Waals surface area contributed by atoms with Crippen LogP contribution in [0.5, 0.6) is 0 Å². The fourth-order valence-electron chi connectivity index (χ4n) is 7.73. The number of carbonyl (C=O) groups excluding carboxylic acids is 2. The minimum atomic E-state index is -0.621. The summed E-state index contributed by atoms with van der Waals surface area (Å²) < 4.78 is 0. The molecule has 0 aromatic heterocycles. The van der Waals surface area contributed by atoms with Gasteiger partial charge in [-0.2, -0.15) is 0 Å². The van der Waals surface area contributed by atoms with Crippen LogP contribution in [-0.4, -0.2) is 90.5 Å². The van der Waals surface area contributed by atoms with Gasteiger partial charge in [0, 0.05) is 50.2 Å². The summed E-state index contributed by atoms with van der Waals surface area (Å²) in [6.45, 7) is 11.7. The maximum Gasteiger partial charge on any atom is 0.245 e. The van der Waals surface area contributed by atoms with Crippen LogP contribution in [0.4, 0.5) is 0 Å². The van der Waals surface area contributed by atoms with Gasteiger partial charge in [0.05, 0.1) is 6.04 Å². The molecule has 7 nitrogen and oxygen atoms in total. The Bertz CT molecular complexity index is 1220. The van der Waals surface area contributed by atoms with E-state index in [1.54, 1.807) is 0 Å². The topological polar surface area (TPSA) is 67.9 Å². The Kier molecular flexibility index (Phi) is 12.7. The van der Waals surface area contributed by atoms with Crippen molar-refractivity contribution in [1.82, 2.24) is 25.3 Å². The number of nitrogens with zero attached hydrogens (tertiary/aromatic N) is 3. The first-order valence-corrected chi connectivity index (χ1v) is 17.9. The van der Waals surface area contributed by atoms with Gasteiger partial charge in [0.2, 0.25) is 11.8 Å². The second kappa shape index (κ2) is 16.9. The maximum absolute atomic E-state index is 14.1. The predicted octanol–water partition coefficient (Wildman–Crippen LogP) is 5.30. The van der Waals surface area contributed by atoms with E-state index in [9.17, 15) is 9.59 Å². The largest absolute Gasteiger partial charge is 0.343 e. The van der Waals surface area contributed by atoms with Crippen molar-refractivity contribution in [3.05, 3.63) is 70.2 Å². The summed E-state index contributed by atoms with van der Waals surface area (Å²) >= 11 is 6.16. The van der Waals surface area contributed by atoms with Crippen molar-refractivity contribution in [3.8, 4) is 0 Å². The Balaban J connectivity index is 1.25. The van der Waals surface area contributed by atoms with Crippen LogP contribution in [0.25, 0.3) is 0 Å². The summed E-state index contributed by atoms with van der Waals surface area (Å²) in [5.41, 5.74) is 3.41. The molecular weight excluding hydrogens is 582 g/mol.